The summed E-state index contributed by atoms with van der Waals surface area (Å²) in [5.41, 5.74) is 1.37. The van der Waals surface area contributed by atoms with Crippen molar-refractivity contribution in [3.05, 3.63) is 30.0 Å². The van der Waals surface area contributed by atoms with Crippen molar-refractivity contribution in [3.8, 4) is 0 Å². The highest BCUT2D eigenvalue weighted by Crippen LogP contribution is 2.31. The molecule has 1 fully saturated rings. The zero-order valence-electron chi connectivity index (χ0n) is 9.47. The van der Waals surface area contributed by atoms with Crippen LogP contribution < -0.4 is 0 Å². The number of rotatable bonds is 2. The van der Waals surface area contributed by atoms with Crippen molar-refractivity contribution < 1.29 is 9.90 Å². The van der Waals surface area contributed by atoms with Crippen LogP contribution in [0.5, 0.6) is 0 Å². The van der Waals surface area contributed by atoms with Crippen molar-refractivity contribution in [3.63, 3.8) is 0 Å². The Morgan fingerprint density at radius 2 is 2.12 bits per heavy atom. The Bertz CT molecular complexity index is 568. The topological polar surface area (TPSA) is 55.1 Å². The fourth-order valence-electron chi connectivity index (χ4n) is 2.63. The largest absolute Gasteiger partial charge is 0.478 e. The maximum absolute atomic E-state index is 10.9. The molecule has 0 spiro atoms. The molecule has 0 aliphatic heterocycles. The minimum atomic E-state index is -0.888. The number of benzene rings is 1. The number of nitrogens with zero attached hydrogens (tertiary/aromatic N) is 2. The summed E-state index contributed by atoms with van der Waals surface area (Å²) in [6.45, 7) is 0. The molecule has 0 saturated heterocycles. The summed E-state index contributed by atoms with van der Waals surface area (Å²) in [6, 6.07) is 5.70. The molecule has 0 unspecified atom stereocenters. The Morgan fingerprint density at radius 3 is 2.82 bits per heavy atom. The summed E-state index contributed by atoms with van der Waals surface area (Å²) < 4.78 is 2.05. The van der Waals surface area contributed by atoms with Gasteiger partial charge in [0.2, 0.25) is 0 Å². The van der Waals surface area contributed by atoms with Crippen molar-refractivity contribution in [1.29, 1.82) is 0 Å². The van der Waals surface area contributed by atoms with Crippen molar-refractivity contribution in [1.82, 2.24) is 9.78 Å². The maximum Gasteiger partial charge on any atom is 0.335 e. The lowest BCUT2D eigenvalue weighted by Crippen LogP contribution is -2.06. The number of hydrogen-bond acceptors (Lipinski definition) is 2. The van der Waals surface area contributed by atoms with Crippen molar-refractivity contribution >= 4 is 16.9 Å². The fourth-order valence-corrected chi connectivity index (χ4v) is 2.63. The summed E-state index contributed by atoms with van der Waals surface area (Å²) in [6.07, 6.45) is 6.65. The minimum Gasteiger partial charge on any atom is -0.478 e. The third-order valence-corrected chi connectivity index (χ3v) is 3.51. The molecule has 88 valence electrons. The van der Waals surface area contributed by atoms with E-state index < -0.39 is 5.97 Å². The number of carboxylic acids is 1. The Kier molecular flexibility index (Phi) is 2.35. The highest BCUT2D eigenvalue weighted by atomic mass is 16.4. The van der Waals surface area contributed by atoms with Crippen LogP contribution in [0.3, 0.4) is 0 Å². The lowest BCUT2D eigenvalue weighted by atomic mass is 10.1. The molecule has 0 bridgehead atoms. The lowest BCUT2D eigenvalue weighted by molar-refractivity contribution is 0.0697. The molecule has 0 radical (unpaired) electrons. The number of carbonyl (C=O) groups is 1. The summed E-state index contributed by atoms with van der Waals surface area (Å²) in [5, 5.41) is 14.3. The van der Waals surface area contributed by atoms with Crippen LogP contribution in [0.4, 0.5) is 0 Å². The van der Waals surface area contributed by atoms with Crippen molar-refractivity contribution in [2.24, 2.45) is 0 Å². The Labute approximate surface area is 98.9 Å². The second-order valence-electron chi connectivity index (χ2n) is 4.61. The Hall–Kier alpha value is -1.84. The normalized spacial score (nSPS) is 16.7. The molecule has 0 atom stereocenters. The molecular weight excluding hydrogens is 216 g/mol. The molecule has 0 amide bonds. The van der Waals surface area contributed by atoms with E-state index >= 15 is 0 Å². The molecule has 1 aromatic carbocycles. The van der Waals surface area contributed by atoms with Gasteiger partial charge >= 0.3 is 5.97 Å². The van der Waals surface area contributed by atoms with Gasteiger partial charge in [0.15, 0.2) is 0 Å². The van der Waals surface area contributed by atoms with E-state index in [1.54, 1.807) is 18.3 Å². The molecule has 1 heterocycles. The van der Waals surface area contributed by atoms with Crippen LogP contribution in [0.1, 0.15) is 42.1 Å². The predicted octanol–water partition coefficient (Wildman–Crippen LogP) is 2.85. The molecule has 17 heavy (non-hydrogen) atoms. The van der Waals surface area contributed by atoms with Crippen molar-refractivity contribution in [2.75, 3.05) is 0 Å². The van der Waals surface area contributed by atoms with Gasteiger partial charge in [0.1, 0.15) is 0 Å². The van der Waals surface area contributed by atoms with Crippen LogP contribution in [0.2, 0.25) is 0 Å². The van der Waals surface area contributed by atoms with Gasteiger partial charge < -0.3 is 5.11 Å². The number of fused-ring (bicyclic) bond motifs is 1. The summed E-state index contributed by atoms with van der Waals surface area (Å²) in [7, 11) is 0. The molecule has 2 aromatic rings. The molecule has 1 aliphatic carbocycles. The zero-order chi connectivity index (χ0) is 11.8. The lowest BCUT2D eigenvalue weighted by Gasteiger charge is -2.11. The van der Waals surface area contributed by atoms with Gasteiger partial charge in [0.05, 0.1) is 23.3 Å². The molecule has 1 aromatic heterocycles. The average Bonchev–Trinajstić information content (AvgIpc) is 2.96. The SMILES string of the molecule is O=C(O)c1ccc2c(cnn2C2CCCC2)c1. The van der Waals surface area contributed by atoms with E-state index in [2.05, 4.69) is 5.10 Å². The highest BCUT2D eigenvalue weighted by molar-refractivity contribution is 5.93. The summed E-state index contributed by atoms with van der Waals surface area (Å²) >= 11 is 0. The third-order valence-electron chi connectivity index (χ3n) is 3.51. The third kappa shape index (κ3) is 1.69. The van der Waals surface area contributed by atoms with Gasteiger partial charge in [-0.3, -0.25) is 4.68 Å². The summed E-state index contributed by atoms with van der Waals surface area (Å²) in [4.78, 5) is 10.9. The first-order valence-corrected chi connectivity index (χ1v) is 5.96. The molecular formula is C13H14N2O2. The first-order valence-electron chi connectivity index (χ1n) is 5.96. The first kappa shape index (κ1) is 10.3. The van der Waals surface area contributed by atoms with E-state index in [0.717, 1.165) is 10.9 Å². The van der Waals surface area contributed by atoms with Gasteiger partial charge in [0, 0.05) is 5.39 Å². The molecule has 1 saturated carbocycles. The number of hydrogen-bond donors (Lipinski definition) is 1. The average molecular weight is 230 g/mol. The van der Waals surface area contributed by atoms with Crippen LogP contribution in [0.25, 0.3) is 10.9 Å². The van der Waals surface area contributed by atoms with Gasteiger partial charge in [0.25, 0.3) is 0 Å². The number of carboxylic acid groups (broad SMARTS) is 1. The molecule has 4 heteroatoms. The van der Waals surface area contributed by atoms with Crippen LogP contribution in [-0.2, 0) is 0 Å². The van der Waals surface area contributed by atoms with Crippen LogP contribution in [0, 0.1) is 0 Å². The minimum absolute atomic E-state index is 0.323. The monoisotopic (exact) mass is 230 g/mol. The Morgan fingerprint density at radius 1 is 1.35 bits per heavy atom. The van der Waals surface area contributed by atoms with Crippen LogP contribution in [0.15, 0.2) is 24.4 Å². The van der Waals surface area contributed by atoms with Gasteiger partial charge in [-0.1, -0.05) is 12.8 Å². The van der Waals surface area contributed by atoms with Crippen LogP contribution in [-0.4, -0.2) is 20.9 Å². The van der Waals surface area contributed by atoms with Crippen molar-refractivity contribution in [2.45, 2.75) is 31.7 Å². The van der Waals surface area contributed by atoms with E-state index in [9.17, 15) is 4.79 Å². The molecule has 4 nitrogen and oxygen atoms in total. The number of aromatic carboxylic acids is 1. The smallest absolute Gasteiger partial charge is 0.335 e. The standard InChI is InChI=1S/C13H14N2O2/c16-13(17)9-5-6-12-10(7-9)8-14-15(12)11-3-1-2-4-11/h5-8,11H,1-4H2,(H,16,17). The fraction of sp³-hybridized carbons (Fsp3) is 0.385. The number of aromatic nitrogens is 2. The second kappa shape index (κ2) is 3.87. The molecule has 3 rings (SSSR count). The van der Waals surface area contributed by atoms with E-state index in [4.69, 9.17) is 5.11 Å². The van der Waals surface area contributed by atoms with E-state index in [1.165, 1.54) is 25.7 Å². The Balaban J connectivity index is 2.07. The molecule has 1 aliphatic rings. The van der Waals surface area contributed by atoms with Crippen LogP contribution >= 0.6 is 0 Å². The second-order valence-corrected chi connectivity index (χ2v) is 4.61. The predicted molar refractivity (Wildman–Crippen MR) is 64.2 cm³/mol. The van der Waals surface area contributed by atoms with Gasteiger partial charge in [-0.2, -0.15) is 5.10 Å². The zero-order valence-corrected chi connectivity index (χ0v) is 9.47. The van der Waals surface area contributed by atoms with E-state index in [1.807, 2.05) is 10.7 Å². The highest BCUT2D eigenvalue weighted by Gasteiger charge is 2.19. The van der Waals surface area contributed by atoms with E-state index in [-0.39, 0.29) is 0 Å². The van der Waals surface area contributed by atoms with E-state index in [0.29, 0.717) is 11.6 Å². The van der Waals surface area contributed by atoms with Gasteiger partial charge in [-0.05, 0) is 31.0 Å². The molecule has 1 N–H and O–H groups in total. The quantitative estimate of drug-likeness (QED) is 0.863. The summed E-state index contributed by atoms with van der Waals surface area (Å²) in [5.74, 6) is -0.888. The first-order chi connectivity index (χ1) is 8.25. The maximum atomic E-state index is 10.9. The van der Waals surface area contributed by atoms with Gasteiger partial charge in [-0.15, -0.1) is 0 Å². The van der Waals surface area contributed by atoms with Gasteiger partial charge in [-0.25, -0.2) is 4.79 Å².